The van der Waals surface area contributed by atoms with Gasteiger partial charge in [-0.05, 0) is 33.6 Å². The Kier molecular flexibility index (Phi) is 5.26. The second-order valence-electron chi connectivity index (χ2n) is 2.93. The minimum atomic E-state index is 0.426. The van der Waals surface area contributed by atoms with Crippen LogP contribution in [-0.4, -0.2) is 6.04 Å². The molecule has 1 unspecified atom stereocenters. The van der Waals surface area contributed by atoms with Gasteiger partial charge < -0.3 is 0 Å². The zero-order chi connectivity index (χ0) is 7.98. The lowest BCUT2D eigenvalue weighted by Gasteiger charge is -2.06. The Bertz CT molecular complexity index is 104. The Hall–Kier alpha value is -0.340. The van der Waals surface area contributed by atoms with E-state index < -0.39 is 0 Å². The average Bonchev–Trinajstić information content (AvgIpc) is 1.87. The third kappa shape index (κ3) is 5.79. The molecule has 60 valence electrons. The lowest BCUT2D eigenvalue weighted by molar-refractivity contribution is 0.536. The van der Waals surface area contributed by atoms with Gasteiger partial charge in [0.25, 0.3) is 0 Å². The molecule has 0 aliphatic heterocycles. The van der Waals surface area contributed by atoms with E-state index in [2.05, 4.69) is 32.3 Å². The summed E-state index contributed by atoms with van der Waals surface area (Å²) in [5.41, 5.74) is 4.09. The highest BCUT2D eigenvalue weighted by atomic mass is 15.2. The number of rotatable bonds is 4. The molecule has 0 fully saturated rings. The van der Waals surface area contributed by atoms with E-state index in [0.29, 0.717) is 6.04 Å². The molecule has 10 heavy (non-hydrogen) atoms. The van der Waals surface area contributed by atoms with Gasteiger partial charge in [0.1, 0.15) is 0 Å². The third-order valence-electron chi connectivity index (χ3n) is 1.44. The first-order valence-electron chi connectivity index (χ1n) is 3.76. The molecule has 0 aromatic heterocycles. The molecule has 0 radical (unpaired) electrons. The molecule has 0 aromatic rings. The van der Waals surface area contributed by atoms with Gasteiger partial charge in [-0.2, -0.15) is 0 Å². The van der Waals surface area contributed by atoms with Crippen LogP contribution in [0.15, 0.2) is 11.6 Å². The second-order valence-corrected chi connectivity index (χ2v) is 2.93. The second kappa shape index (κ2) is 5.45. The van der Waals surface area contributed by atoms with Gasteiger partial charge >= 0.3 is 0 Å². The quantitative estimate of drug-likeness (QED) is 0.355. The van der Waals surface area contributed by atoms with Crippen LogP contribution in [0.4, 0.5) is 0 Å². The molecule has 2 heteroatoms. The van der Waals surface area contributed by atoms with E-state index in [9.17, 15) is 0 Å². The van der Waals surface area contributed by atoms with E-state index in [4.69, 9.17) is 5.84 Å². The largest absolute Gasteiger partial charge is 0.271 e. The molecule has 0 spiro atoms. The van der Waals surface area contributed by atoms with E-state index in [1.807, 2.05) is 0 Å². The van der Waals surface area contributed by atoms with Gasteiger partial charge in [-0.1, -0.05) is 11.6 Å². The van der Waals surface area contributed by atoms with E-state index in [1.54, 1.807) is 0 Å². The number of hydrogen-bond donors (Lipinski definition) is 2. The molecular weight excluding hydrogens is 124 g/mol. The summed E-state index contributed by atoms with van der Waals surface area (Å²) in [6.07, 6.45) is 4.46. The van der Waals surface area contributed by atoms with Crippen molar-refractivity contribution < 1.29 is 0 Å². The summed E-state index contributed by atoms with van der Waals surface area (Å²) in [5, 5.41) is 0. The van der Waals surface area contributed by atoms with Crippen LogP contribution in [0.25, 0.3) is 0 Å². The summed E-state index contributed by atoms with van der Waals surface area (Å²) in [7, 11) is 0. The Morgan fingerprint density at radius 3 is 2.60 bits per heavy atom. The molecule has 2 nitrogen and oxygen atoms in total. The molecule has 0 aromatic carbocycles. The highest BCUT2D eigenvalue weighted by Crippen LogP contribution is 1.99. The van der Waals surface area contributed by atoms with Gasteiger partial charge in [0.05, 0.1) is 0 Å². The summed E-state index contributed by atoms with van der Waals surface area (Å²) in [5.74, 6) is 5.22. The summed E-state index contributed by atoms with van der Waals surface area (Å²) < 4.78 is 0. The van der Waals surface area contributed by atoms with E-state index in [-0.39, 0.29) is 0 Å². The first-order chi connectivity index (χ1) is 4.66. The van der Waals surface area contributed by atoms with Crippen molar-refractivity contribution in [2.45, 2.75) is 39.7 Å². The molecule has 0 rings (SSSR count). The summed E-state index contributed by atoms with van der Waals surface area (Å²) in [6, 6.07) is 0.426. The van der Waals surface area contributed by atoms with Gasteiger partial charge in [0, 0.05) is 6.04 Å². The standard InChI is InChI=1S/C8H18N2/c1-7(2)5-4-6-8(3)10-9/h5,8,10H,4,6,9H2,1-3H3. The van der Waals surface area contributed by atoms with Crippen molar-refractivity contribution in [1.29, 1.82) is 0 Å². The number of allylic oxidation sites excluding steroid dienone is 2. The fraction of sp³-hybridized carbons (Fsp3) is 0.750. The van der Waals surface area contributed by atoms with Crippen LogP contribution < -0.4 is 11.3 Å². The number of hydrogen-bond acceptors (Lipinski definition) is 2. The van der Waals surface area contributed by atoms with Gasteiger partial charge in [-0.15, -0.1) is 0 Å². The van der Waals surface area contributed by atoms with Crippen LogP contribution in [0.2, 0.25) is 0 Å². The van der Waals surface area contributed by atoms with Crippen molar-refractivity contribution in [3.8, 4) is 0 Å². The van der Waals surface area contributed by atoms with Crippen LogP contribution in [-0.2, 0) is 0 Å². The number of hydrazine groups is 1. The molecule has 0 saturated heterocycles. The van der Waals surface area contributed by atoms with Gasteiger partial charge in [-0.25, -0.2) is 0 Å². The molecule has 0 heterocycles. The van der Waals surface area contributed by atoms with E-state index >= 15 is 0 Å². The Morgan fingerprint density at radius 2 is 2.20 bits per heavy atom. The maximum absolute atomic E-state index is 5.22. The predicted molar refractivity (Wildman–Crippen MR) is 45.5 cm³/mol. The fourth-order valence-corrected chi connectivity index (χ4v) is 0.705. The van der Waals surface area contributed by atoms with Crippen LogP contribution in [0.1, 0.15) is 33.6 Å². The SMILES string of the molecule is CC(C)=CCCC(C)NN. The Labute approximate surface area is 63.5 Å². The molecule has 3 N–H and O–H groups in total. The molecule has 0 aliphatic carbocycles. The Balaban J connectivity index is 3.28. The highest BCUT2D eigenvalue weighted by molar-refractivity contribution is 4.92. The zero-order valence-corrected chi connectivity index (χ0v) is 7.15. The van der Waals surface area contributed by atoms with Gasteiger partial charge in [-0.3, -0.25) is 11.3 Å². The molecule has 0 saturated carbocycles. The predicted octanol–water partition coefficient (Wildman–Crippen LogP) is 1.58. The van der Waals surface area contributed by atoms with E-state index in [1.165, 1.54) is 5.57 Å². The lowest BCUT2D eigenvalue weighted by Crippen LogP contribution is -2.32. The first kappa shape index (κ1) is 9.66. The zero-order valence-electron chi connectivity index (χ0n) is 7.15. The Morgan fingerprint density at radius 1 is 1.60 bits per heavy atom. The van der Waals surface area contributed by atoms with Gasteiger partial charge in [0.2, 0.25) is 0 Å². The van der Waals surface area contributed by atoms with Crippen LogP contribution in [0.3, 0.4) is 0 Å². The average molecular weight is 142 g/mol. The summed E-state index contributed by atoms with van der Waals surface area (Å²) in [6.45, 7) is 6.31. The minimum absolute atomic E-state index is 0.426. The smallest absolute Gasteiger partial charge is 0.0185 e. The van der Waals surface area contributed by atoms with Crippen molar-refractivity contribution in [2.75, 3.05) is 0 Å². The highest BCUT2D eigenvalue weighted by Gasteiger charge is 1.94. The van der Waals surface area contributed by atoms with Crippen molar-refractivity contribution in [3.05, 3.63) is 11.6 Å². The van der Waals surface area contributed by atoms with Crippen LogP contribution in [0.5, 0.6) is 0 Å². The van der Waals surface area contributed by atoms with Crippen molar-refractivity contribution >= 4 is 0 Å². The normalized spacial score (nSPS) is 12.8. The van der Waals surface area contributed by atoms with E-state index in [0.717, 1.165) is 12.8 Å². The molecular formula is C8H18N2. The van der Waals surface area contributed by atoms with Crippen molar-refractivity contribution in [2.24, 2.45) is 5.84 Å². The number of nitrogens with two attached hydrogens (primary N) is 1. The maximum Gasteiger partial charge on any atom is 0.0185 e. The number of nitrogens with one attached hydrogen (secondary N) is 1. The maximum atomic E-state index is 5.22. The van der Waals surface area contributed by atoms with Crippen molar-refractivity contribution in [1.82, 2.24) is 5.43 Å². The third-order valence-corrected chi connectivity index (χ3v) is 1.44. The first-order valence-corrected chi connectivity index (χ1v) is 3.76. The fourth-order valence-electron chi connectivity index (χ4n) is 0.705. The molecule has 1 atom stereocenters. The molecule has 0 aliphatic rings. The lowest BCUT2D eigenvalue weighted by atomic mass is 10.1. The summed E-state index contributed by atoms with van der Waals surface area (Å²) >= 11 is 0. The monoisotopic (exact) mass is 142 g/mol. The summed E-state index contributed by atoms with van der Waals surface area (Å²) in [4.78, 5) is 0. The van der Waals surface area contributed by atoms with Gasteiger partial charge in [0.15, 0.2) is 0 Å². The molecule has 0 bridgehead atoms. The molecule has 0 amide bonds. The van der Waals surface area contributed by atoms with Crippen LogP contribution >= 0.6 is 0 Å². The topological polar surface area (TPSA) is 38.0 Å². The van der Waals surface area contributed by atoms with Crippen LogP contribution in [0, 0.1) is 0 Å². The van der Waals surface area contributed by atoms with Crippen molar-refractivity contribution in [3.63, 3.8) is 0 Å². The minimum Gasteiger partial charge on any atom is -0.271 e.